The number of anilines is 1. The molecule has 6 heteroatoms. The van der Waals surface area contributed by atoms with E-state index in [2.05, 4.69) is 17.4 Å². The minimum absolute atomic E-state index is 0.0295. The van der Waals surface area contributed by atoms with E-state index in [4.69, 9.17) is 0 Å². The maximum atomic E-state index is 12.5. The van der Waals surface area contributed by atoms with Gasteiger partial charge in [-0.1, -0.05) is 36.4 Å². The van der Waals surface area contributed by atoms with Gasteiger partial charge in [-0.2, -0.15) is 0 Å². The highest BCUT2D eigenvalue weighted by Gasteiger charge is 2.28. The predicted molar refractivity (Wildman–Crippen MR) is 104 cm³/mol. The van der Waals surface area contributed by atoms with E-state index in [0.717, 1.165) is 12.8 Å². The van der Waals surface area contributed by atoms with Gasteiger partial charge in [0.05, 0.1) is 11.4 Å². The van der Waals surface area contributed by atoms with Crippen molar-refractivity contribution < 1.29 is 13.2 Å². The molecule has 1 atom stereocenters. The average molecular weight is 372 g/mol. The summed E-state index contributed by atoms with van der Waals surface area (Å²) in [6, 6.07) is 17.0. The number of benzene rings is 2. The zero-order valence-corrected chi connectivity index (χ0v) is 15.7. The van der Waals surface area contributed by atoms with E-state index in [1.807, 2.05) is 25.1 Å². The van der Waals surface area contributed by atoms with Gasteiger partial charge in [0.25, 0.3) is 5.91 Å². The van der Waals surface area contributed by atoms with Crippen LogP contribution in [0.5, 0.6) is 0 Å². The summed E-state index contributed by atoms with van der Waals surface area (Å²) in [5.41, 5.74) is 2.29. The first-order chi connectivity index (χ1) is 12.5. The fourth-order valence-corrected chi connectivity index (χ4v) is 4.70. The topological polar surface area (TPSA) is 66.5 Å². The average Bonchev–Trinajstić information content (AvgIpc) is 3.00. The van der Waals surface area contributed by atoms with Crippen molar-refractivity contribution in [2.24, 2.45) is 0 Å². The third-order valence-electron chi connectivity index (χ3n) is 4.58. The van der Waals surface area contributed by atoms with Crippen molar-refractivity contribution in [1.82, 2.24) is 5.32 Å². The Morgan fingerprint density at radius 3 is 2.62 bits per heavy atom. The highest BCUT2D eigenvalue weighted by molar-refractivity contribution is 7.93. The Morgan fingerprint density at radius 2 is 1.92 bits per heavy atom. The molecular weight excluding hydrogens is 348 g/mol. The largest absolute Gasteiger partial charge is 0.350 e. The number of hydrogen-bond acceptors (Lipinski definition) is 3. The summed E-state index contributed by atoms with van der Waals surface area (Å²) in [7, 11) is -3.24. The van der Waals surface area contributed by atoms with Gasteiger partial charge >= 0.3 is 0 Å². The van der Waals surface area contributed by atoms with Crippen LogP contribution in [0.15, 0.2) is 54.6 Å². The van der Waals surface area contributed by atoms with E-state index in [1.54, 1.807) is 24.3 Å². The number of nitrogens with zero attached hydrogens (tertiary/aromatic N) is 1. The van der Waals surface area contributed by atoms with Gasteiger partial charge in [-0.25, -0.2) is 8.42 Å². The molecule has 2 aromatic rings. The van der Waals surface area contributed by atoms with Gasteiger partial charge in [0.2, 0.25) is 10.0 Å². The third kappa shape index (κ3) is 4.43. The molecule has 5 nitrogen and oxygen atoms in total. The lowest BCUT2D eigenvalue weighted by Gasteiger charge is -2.18. The van der Waals surface area contributed by atoms with Crippen LogP contribution >= 0.6 is 0 Å². The van der Waals surface area contributed by atoms with Gasteiger partial charge in [-0.3, -0.25) is 9.10 Å². The standard InChI is InChI=1S/C20H24N2O3S/c1-16(11-12-17-7-3-2-4-8-17)21-20(23)18-9-5-10-19(15-18)22-13-6-14-26(22,24)25/h2-5,7-10,15-16H,6,11-14H2,1H3,(H,21,23). The molecule has 0 bridgehead atoms. The Hall–Kier alpha value is -2.34. The molecule has 1 aliphatic rings. The number of amides is 1. The second-order valence-corrected chi connectivity index (χ2v) is 8.70. The van der Waals surface area contributed by atoms with Gasteiger partial charge in [0.15, 0.2) is 0 Å². The summed E-state index contributed by atoms with van der Waals surface area (Å²) in [6.45, 7) is 2.45. The molecule has 138 valence electrons. The van der Waals surface area contributed by atoms with E-state index < -0.39 is 10.0 Å². The van der Waals surface area contributed by atoms with E-state index in [9.17, 15) is 13.2 Å². The van der Waals surface area contributed by atoms with Crippen LogP contribution < -0.4 is 9.62 Å². The van der Waals surface area contributed by atoms with Crippen molar-refractivity contribution in [3.05, 3.63) is 65.7 Å². The molecule has 1 amide bonds. The van der Waals surface area contributed by atoms with Crippen molar-refractivity contribution in [3.8, 4) is 0 Å². The first kappa shape index (κ1) is 18.5. The Balaban J connectivity index is 1.62. The van der Waals surface area contributed by atoms with E-state index in [-0.39, 0.29) is 17.7 Å². The highest BCUT2D eigenvalue weighted by Crippen LogP contribution is 2.24. The summed E-state index contributed by atoms with van der Waals surface area (Å²) in [5.74, 6) is -0.0102. The number of carbonyl (C=O) groups is 1. The maximum Gasteiger partial charge on any atom is 0.251 e. The molecule has 3 rings (SSSR count). The van der Waals surface area contributed by atoms with Crippen LogP contribution in [0.1, 0.15) is 35.7 Å². The van der Waals surface area contributed by atoms with Gasteiger partial charge in [-0.05, 0) is 49.9 Å². The summed E-state index contributed by atoms with van der Waals surface area (Å²) < 4.78 is 25.5. The predicted octanol–water partition coefficient (Wildman–Crippen LogP) is 2.98. The Labute approximate surface area is 155 Å². The molecule has 1 heterocycles. The highest BCUT2D eigenvalue weighted by atomic mass is 32.2. The normalized spacial score (nSPS) is 17.0. The molecule has 0 spiro atoms. The van der Waals surface area contributed by atoms with Crippen molar-refractivity contribution in [3.63, 3.8) is 0 Å². The number of nitrogens with one attached hydrogen (secondary N) is 1. The van der Waals surface area contributed by atoms with Gasteiger partial charge in [-0.15, -0.1) is 0 Å². The van der Waals surface area contributed by atoms with Crippen LogP contribution in [0.3, 0.4) is 0 Å². The van der Waals surface area contributed by atoms with Crippen molar-refractivity contribution >= 4 is 21.6 Å². The summed E-state index contributed by atoms with van der Waals surface area (Å²) >= 11 is 0. The van der Waals surface area contributed by atoms with E-state index >= 15 is 0 Å². The minimum Gasteiger partial charge on any atom is -0.350 e. The molecule has 0 saturated carbocycles. The van der Waals surface area contributed by atoms with Crippen LogP contribution in [0.25, 0.3) is 0 Å². The number of sulfonamides is 1. The van der Waals surface area contributed by atoms with Gasteiger partial charge in [0.1, 0.15) is 0 Å². The first-order valence-corrected chi connectivity index (χ1v) is 10.5. The van der Waals surface area contributed by atoms with Gasteiger partial charge < -0.3 is 5.32 Å². The van der Waals surface area contributed by atoms with Crippen LogP contribution in [-0.4, -0.2) is 32.7 Å². The first-order valence-electron chi connectivity index (χ1n) is 8.91. The third-order valence-corrected chi connectivity index (χ3v) is 6.45. The van der Waals surface area contributed by atoms with Crippen LogP contribution in [0.2, 0.25) is 0 Å². The molecule has 1 aliphatic heterocycles. The molecule has 0 radical (unpaired) electrons. The van der Waals surface area contributed by atoms with Crippen molar-refractivity contribution in [1.29, 1.82) is 0 Å². The van der Waals surface area contributed by atoms with Crippen LogP contribution in [0, 0.1) is 0 Å². The minimum atomic E-state index is -3.24. The Bertz CT molecular complexity index is 866. The molecule has 0 aromatic heterocycles. The quantitative estimate of drug-likeness (QED) is 0.848. The monoisotopic (exact) mass is 372 g/mol. The lowest BCUT2D eigenvalue weighted by Crippen LogP contribution is -2.33. The molecule has 1 unspecified atom stereocenters. The van der Waals surface area contributed by atoms with E-state index in [1.165, 1.54) is 9.87 Å². The van der Waals surface area contributed by atoms with Gasteiger partial charge in [0, 0.05) is 18.2 Å². The maximum absolute atomic E-state index is 12.5. The van der Waals surface area contributed by atoms with Crippen LogP contribution in [-0.2, 0) is 16.4 Å². The second kappa shape index (κ2) is 7.91. The number of rotatable bonds is 6. The molecule has 2 aromatic carbocycles. The SMILES string of the molecule is CC(CCc1ccccc1)NC(=O)c1cccc(N2CCCS2(=O)=O)c1. The molecule has 1 N–H and O–H groups in total. The molecule has 1 saturated heterocycles. The van der Waals surface area contributed by atoms with Crippen molar-refractivity contribution in [2.75, 3.05) is 16.6 Å². The summed E-state index contributed by atoms with van der Waals surface area (Å²) in [5, 5.41) is 3.00. The fraction of sp³-hybridized carbons (Fsp3) is 0.350. The summed E-state index contributed by atoms with van der Waals surface area (Å²) in [6.07, 6.45) is 2.36. The summed E-state index contributed by atoms with van der Waals surface area (Å²) in [4.78, 5) is 12.5. The lowest BCUT2D eigenvalue weighted by atomic mass is 10.1. The zero-order chi connectivity index (χ0) is 18.6. The van der Waals surface area contributed by atoms with Crippen molar-refractivity contribution in [2.45, 2.75) is 32.2 Å². The molecular formula is C20H24N2O3S. The number of carbonyl (C=O) groups excluding carboxylic acids is 1. The number of aryl methyl sites for hydroxylation is 1. The smallest absolute Gasteiger partial charge is 0.251 e. The lowest BCUT2D eigenvalue weighted by molar-refractivity contribution is 0.0938. The fourth-order valence-electron chi connectivity index (χ4n) is 3.14. The Morgan fingerprint density at radius 1 is 1.15 bits per heavy atom. The molecule has 0 aliphatic carbocycles. The molecule has 26 heavy (non-hydrogen) atoms. The van der Waals surface area contributed by atoms with Crippen LogP contribution in [0.4, 0.5) is 5.69 Å². The van der Waals surface area contributed by atoms with E-state index in [0.29, 0.717) is 24.2 Å². The Kier molecular flexibility index (Phi) is 5.61. The number of hydrogen-bond donors (Lipinski definition) is 1. The second-order valence-electron chi connectivity index (χ2n) is 6.69. The zero-order valence-electron chi connectivity index (χ0n) is 14.9. The molecule has 1 fully saturated rings.